The van der Waals surface area contributed by atoms with Crippen molar-refractivity contribution in [3.63, 3.8) is 0 Å². The fourth-order valence-electron chi connectivity index (χ4n) is 1.89. The van der Waals surface area contributed by atoms with Gasteiger partial charge in [0.1, 0.15) is 11.5 Å². The maximum absolute atomic E-state index is 4.52. The van der Waals surface area contributed by atoms with Gasteiger partial charge in [-0.2, -0.15) is 0 Å². The molecule has 0 amide bonds. The third-order valence-electron chi connectivity index (χ3n) is 2.85. The Labute approximate surface area is 109 Å². The van der Waals surface area contributed by atoms with Crippen LogP contribution >= 0.6 is 11.3 Å². The van der Waals surface area contributed by atoms with E-state index in [0.717, 1.165) is 27.6 Å². The van der Waals surface area contributed by atoms with Crippen molar-refractivity contribution < 1.29 is 0 Å². The number of aromatic nitrogens is 3. The van der Waals surface area contributed by atoms with Gasteiger partial charge in [-0.15, -0.1) is 11.3 Å². The molecule has 0 aliphatic heterocycles. The third-order valence-corrected chi connectivity index (χ3v) is 3.65. The summed E-state index contributed by atoms with van der Waals surface area (Å²) >= 11 is 1.67. The number of hydrogen-bond donors (Lipinski definition) is 2. The third kappa shape index (κ3) is 2.09. The van der Waals surface area contributed by atoms with Gasteiger partial charge in [0.25, 0.3) is 0 Å². The largest absolute Gasteiger partial charge is 0.362 e. The van der Waals surface area contributed by atoms with Crippen molar-refractivity contribution in [2.24, 2.45) is 0 Å². The topological polar surface area (TPSA) is 53.6 Å². The number of aromatic amines is 1. The molecule has 0 radical (unpaired) electrons. The van der Waals surface area contributed by atoms with Gasteiger partial charge in [0.2, 0.25) is 0 Å². The van der Waals surface area contributed by atoms with E-state index in [0.29, 0.717) is 0 Å². The molecule has 4 nitrogen and oxygen atoms in total. The second-order valence-electron chi connectivity index (χ2n) is 4.27. The highest BCUT2D eigenvalue weighted by molar-refractivity contribution is 7.09. The maximum Gasteiger partial charge on any atom is 0.139 e. The Hall–Kier alpha value is -1.88. The first-order valence-corrected chi connectivity index (χ1v) is 6.73. The van der Waals surface area contributed by atoms with E-state index >= 15 is 0 Å². The highest BCUT2D eigenvalue weighted by Gasteiger charge is 2.09. The van der Waals surface area contributed by atoms with Crippen LogP contribution in [0.15, 0.2) is 29.8 Å². The van der Waals surface area contributed by atoms with Gasteiger partial charge in [0.05, 0.1) is 16.7 Å². The van der Waals surface area contributed by atoms with Crippen molar-refractivity contribution >= 4 is 28.2 Å². The van der Waals surface area contributed by atoms with Crippen LogP contribution in [0.2, 0.25) is 0 Å². The number of nitrogens with zero attached hydrogens (tertiary/aromatic N) is 2. The van der Waals surface area contributed by atoms with Gasteiger partial charge >= 0.3 is 0 Å². The normalized spacial score (nSPS) is 12.8. The van der Waals surface area contributed by atoms with Crippen LogP contribution in [0.1, 0.15) is 23.7 Å². The van der Waals surface area contributed by atoms with Crippen molar-refractivity contribution in [3.05, 3.63) is 40.5 Å². The van der Waals surface area contributed by atoms with Crippen LogP contribution in [0.5, 0.6) is 0 Å². The van der Waals surface area contributed by atoms with Crippen LogP contribution in [-0.4, -0.2) is 15.0 Å². The summed E-state index contributed by atoms with van der Waals surface area (Å²) in [5, 5.41) is 7.66. The van der Waals surface area contributed by atoms with Gasteiger partial charge in [-0.05, 0) is 32.0 Å². The predicted molar refractivity (Wildman–Crippen MR) is 75.0 cm³/mol. The second-order valence-corrected chi connectivity index (χ2v) is 5.33. The van der Waals surface area contributed by atoms with Crippen molar-refractivity contribution in [1.29, 1.82) is 0 Å². The van der Waals surface area contributed by atoms with Crippen LogP contribution < -0.4 is 5.32 Å². The number of pyridine rings is 1. The highest BCUT2D eigenvalue weighted by Crippen LogP contribution is 2.21. The molecule has 0 saturated heterocycles. The molecule has 0 aliphatic carbocycles. The molecule has 2 N–H and O–H groups in total. The van der Waals surface area contributed by atoms with Gasteiger partial charge in [-0.3, -0.25) is 0 Å². The minimum absolute atomic E-state index is 0.162. The van der Waals surface area contributed by atoms with Crippen LogP contribution in [-0.2, 0) is 0 Å². The molecule has 0 saturated carbocycles. The van der Waals surface area contributed by atoms with Gasteiger partial charge in [0.15, 0.2) is 0 Å². The van der Waals surface area contributed by atoms with E-state index in [2.05, 4.69) is 38.6 Å². The molecule has 0 unspecified atom stereocenters. The summed E-state index contributed by atoms with van der Waals surface area (Å²) in [6.45, 7) is 4.11. The lowest BCUT2D eigenvalue weighted by molar-refractivity contribution is 0.839. The molecule has 3 aromatic heterocycles. The fraction of sp³-hybridized carbons (Fsp3) is 0.231. The molecule has 0 fully saturated rings. The lowest BCUT2D eigenvalue weighted by Gasteiger charge is -2.12. The van der Waals surface area contributed by atoms with Crippen LogP contribution in [0, 0.1) is 6.92 Å². The Bertz CT molecular complexity index is 670. The zero-order valence-electron chi connectivity index (χ0n) is 10.3. The van der Waals surface area contributed by atoms with E-state index in [1.54, 1.807) is 11.3 Å². The number of thiazole rings is 1. The van der Waals surface area contributed by atoms with Gasteiger partial charge < -0.3 is 10.3 Å². The molecule has 3 aromatic rings. The quantitative estimate of drug-likeness (QED) is 0.756. The molecule has 0 bridgehead atoms. The molecule has 1 atom stereocenters. The maximum atomic E-state index is 4.52. The molecule has 92 valence electrons. The zero-order chi connectivity index (χ0) is 12.5. The summed E-state index contributed by atoms with van der Waals surface area (Å²) in [7, 11) is 0. The molecule has 18 heavy (non-hydrogen) atoms. The number of H-pyrrole nitrogens is 1. The highest BCUT2D eigenvalue weighted by atomic mass is 32.1. The van der Waals surface area contributed by atoms with Gasteiger partial charge in [-0.1, -0.05) is 0 Å². The minimum Gasteiger partial charge on any atom is -0.362 e. The zero-order valence-corrected chi connectivity index (χ0v) is 11.1. The van der Waals surface area contributed by atoms with Gasteiger partial charge in [-0.25, -0.2) is 9.97 Å². The summed E-state index contributed by atoms with van der Waals surface area (Å²) in [5.41, 5.74) is 1.97. The van der Waals surface area contributed by atoms with Crippen LogP contribution in [0.4, 0.5) is 5.82 Å². The molecule has 0 aromatic carbocycles. The van der Waals surface area contributed by atoms with Crippen molar-refractivity contribution in [1.82, 2.24) is 15.0 Å². The number of hydrogen-bond acceptors (Lipinski definition) is 4. The summed E-state index contributed by atoms with van der Waals surface area (Å²) in [4.78, 5) is 12.1. The molecule has 0 aliphatic rings. The predicted octanol–water partition coefficient (Wildman–Crippen LogP) is 3.50. The van der Waals surface area contributed by atoms with E-state index in [-0.39, 0.29) is 6.04 Å². The van der Waals surface area contributed by atoms with E-state index in [1.807, 2.05) is 25.3 Å². The fourth-order valence-corrected chi connectivity index (χ4v) is 2.59. The van der Waals surface area contributed by atoms with E-state index < -0.39 is 0 Å². The lowest BCUT2D eigenvalue weighted by atomic mass is 10.2. The lowest BCUT2D eigenvalue weighted by Crippen LogP contribution is -2.08. The molecule has 3 rings (SSSR count). The Balaban J connectivity index is 1.83. The second kappa shape index (κ2) is 4.42. The number of anilines is 1. The van der Waals surface area contributed by atoms with E-state index in [1.165, 1.54) is 0 Å². The summed E-state index contributed by atoms with van der Waals surface area (Å²) in [5.74, 6) is 0.864. The summed E-state index contributed by atoms with van der Waals surface area (Å²) in [6.07, 6.45) is 1.90. The molecule has 3 heterocycles. The smallest absolute Gasteiger partial charge is 0.139 e. The SMILES string of the molecule is Cc1nc([C@@H](C)Nc2ccc3cc[nH]c3n2)cs1. The Morgan fingerprint density at radius 2 is 2.17 bits per heavy atom. The van der Waals surface area contributed by atoms with E-state index in [4.69, 9.17) is 0 Å². The first-order chi connectivity index (χ1) is 8.72. The van der Waals surface area contributed by atoms with E-state index in [9.17, 15) is 0 Å². The number of fused-ring (bicyclic) bond motifs is 1. The molecular formula is C13H14N4S. The Morgan fingerprint density at radius 3 is 2.94 bits per heavy atom. The van der Waals surface area contributed by atoms with Crippen molar-refractivity contribution in [3.8, 4) is 0 Å². The first-order valence-electron chi connectivity index (χ1n) is 5.85. The summed E-state index contributed by atoms with van der Waals surface area (Å²) in [6, 6.07) is 6.22. The minimum atomic E-state index is 0.162. The van der Waals surface area contributed by atoms with Crippen molar-refractivity contribution in [2.45, 2.75) is 19.9 Å². The van der Waals surface area contributed by atoms with Crippen LogP contribution in [0.3, 0.4) is 0 Å². The van der Waals surface area contributed by atoms with Crippen molar-refractivity contribution in [2.75, 3.05) is 5.32 Å². The molecule has 0 spiro atoms. The summed E-state index contributed by atoms with van der Waals surface area (Å²) < 4.78 is 0. The number of aryl methyl sites for hydroxylation is 1. The van der Waals surface area contributed by atoms with Crippen LogP contribution in [0.25, 0.3) is 11.0 Å². The number of rotatable bonds is 3. The average Bonchev–Trinajstić information content (AvgIpc) is 2.96. The monoisotopic (exact) mass is 258 g/mol. The van der Waals surface area contributed by atoms with Gasteiger partial charge in [0, 0.05) is 17.0 Å². The molecular weight excluding hydrogens is 244 g/mol. The number of nitrogens with one attached hydrogen (secondary N) is 2. The average molecular weight is 258 g/mol. The standard InChI is InChI=1S/C13H14N4S/c1-8(11-7-18-9(2)16-11)15-12-4-3-10-5-6-14-13(10)17-12/h3-8H,1-2H3,(H2,14,15,17)/t8-/m1/s1. The Kier molecular flexibility index (Phi) is 2.76. The molecule has 5 heteroatoms. The first kappa shape index (κ1) is 11.2. The Morgan fingerprint density at radius 1 is 1.28 bits per heavy atom.